The number of aryl methyl sites for hydroxylation is 1. The van der Waals surface area contributed by atoms with Crippen molar-refractivity contribution in [3.8, 4) is 0 Å². The van der Waals surface area contributed by atoms with Crippen molar-refractivity contribution in [2.24, 2.45) is 5.92 Å². The fourth-order valence-corrected chi connectivity index (χ4v) is 4.32. The normalized spacial score (nSPS) is 20.1. The zero-order valence-corrected chi connectivity index (χ0v) is 16.4. The summed E-state index contributed by atoms with van der Waals surface area (Å²) in [7, 11) is 0. The van der Waals surface area contributed by atoms with E-state index in [9.17, 15) is 23.2 Å². The van der Waals surface area contributed by atoms with Crippen LogP contribution in [0.3, 0.4) is 0 Å². The summed E-state index contributed by atoms with van der Waals surface area (Å²) in [6, 6.07) is 8.51. The van der Waals surface area contributed by atoms with E-state index in [1.165, 1.54) is 16.2 Å². The third-order valence-electron chi connectivity index (χ3n) is 4.83. The first-order valence-electron chi connectivity index (χ1n) is 9.01. The molecule has 0 radical (unpaired) electrons. The maximum absolute atomic E-state index is 12.8. The van der Waals surface area contributed by atoms with E-state index in [2.05, 4.69) is 5.32 Å². The summed E-state index contributed by atoms with van der Waals surface area (Å²) in [5, 5.41) is 13.2. The zero-order chi connectivity index (χ0) is 21.1. The van der Waals surface area contributed by atoms with Crippen LogP contribution in [0.25, 0.3) is 0 Å². The molecule has 2 N–H and O–H groups in total. The monoisotopic (exact) mass is 422 g/mol. The number of carbonyl (C=O) groups is 3. The molecule has 0 saturated carbocycles. The molecule has 1 aromatic carbocycles. The molecular formula is C20H20F2N2O4S. The average Bonchev–Trinajstić information content (AvgIpc) is 3.29. The molecule has 2 heterocycles. The number of carboxylic acids is 1. The Morgan fingerprint density at radius 1 is 1.28 bits per heavy atom. The van der Waals surface area contributed by atoms with Crippen LogP contribution in [0.1, 0.15) is 29.3 Å². The highest BCUT2D eigenvalue weighted by Crippen LogP contribution is 2.43. The molecule has 3 atom stereocenters. The molecule has 0 spiro atoms. The van der Waals surface area contributed by atoms with Gasteiger partial charge in [0.2, 0.25) is 18.2 Å². The molecule has 1 aliphatic rings. The van der Waals surface area contributed by atoms with Crippen LogP contribution in [0.2, 0.25) is 0 Å². The Morgan fingerprint density at radius 2 is 1.97 bits per heavy atom. The van der Waals surface area contributed by atoms with E-state index < -0.39 is 42.7 Å². The molecule has 0 aliphatic carbocycles. The van der Waals surface area contributed by atoms with Gasteiger partial charge in [-0.2, -0.15) is 0 Å². The van der Waals surface area contributed by atoms with E-state index >= 15 is 0 Å². The number of thiophene rings is 1. The SMILES string of the molecule is Cc1ccc(N2C(=O)CC(C(=O)NC(CC(F)F)C(=O)O)C2c2cccs2)cc1. The fraction of sp³-hybridized carbons (Fsp3) is 0.350. The number of benzene rings is 1. The molecular weight excluding hydrogens is 402 g/mol. The van der Waals surface area contributed by atoms with Gasteiger partial charge in [0.05, 0.1) is 12.0 Å². The van der Waals surface area contributed by atoms with Gasteiger partial charge in [0.15, 0.2) is 0 Å². The topological polar surface area (TPSA) is 86.7 Å². The van der Waals surface area contributed by atoms with Crippen LogP contribution in [0.5, 0.6) is 0 Å². The molecule has 1 aliphatic heterocycles. The van der Waals surface area contributed by atoms with E-state index in [0.717, 1.165) is 10.4 Å². The maximum Gasteiger partial charge on any atom is 0.326 e. The lowest BCUT2D eigenvalue weighted by Crippen LogP contribution is -2.45. The van der Waals surface area contributed by atoms with Crippen molar-refractivity contribution in [3.05, 3.63) is 52.2 Å². The molecule has 1 aromatic heterocycles. The van der Waals surface area contributed by atoms with Gasteiger partial charge in [-0.1, -0.05) is 23.8 Å². The van der Waals surface area contributed by atoms with E-state index in [1.54, 1.807) is 24.3 Å². The van der Waals surface area contributed by atoms with Crippen molar-refractivity contribution in [1.29, 1.82) is 0 Å². The third kappa shape index (κ3) is 4.61. The summed E-state index contributed by atoms with van der Waals surface area (Å²) in [6.07, 6.45) is -4.00. The molecule has 2 amide bonds. The summed E-state index contributed by atoms with van der Waals surface area (Å²) in [6.45, 7) is 1.91. The lowest BCUT2D eigenvalue weighted by Gasteiger charge is -2.28. The van der Waals surface area contributed by atoms with Crippen LogP contribution in [-0.2, 0) is 14.4 Å². The molecule has 3 rings (SSSR count). The van der Waals surface area contributed by atoms with Gasteiger partial charge >= 0.3 is 5.97 Å². The smallest absolute Gasteiger partial charge is 0.326 e. The lowest BCUT2D eigenvalue weighted by atomic mass is 9.97. The molecule has 6 nitrogen and oxygen atoms in total. The Balaban J connectivity index is 1.91. The summed E-state index contributed by atoms with van der Waals surface area (Å²) >= 11 is 1.37. The summed E-state index contributed by atoms with van der Waals surface area (Å²) in [5.74, 6) is -3.43. The van der Waals surface area contributed by atoms with Crippen molar-refractivity contribution in [1.82, 2.24) is 5.32 Å². The molecule has 1 saturated heterocycles. The predicted molar refractivity (Wildman–Crippen MR) is 104 cm³/mol. The van der Waals surface area contributed by atoms with Crippen molar-refractivity contribution in [2.45, 2.75) is 38.3 Å². The van der Waals surface area contributed by atoms with Crippen LogP contribution < -0.4 is 10.2 Å². The van der Waals surface area contributed by atoms with Crippen LogP contribution >= 0.6 is 11.3 Å². The minimum absolute atomic E-state index is 0.136. The zero-order valence-electron chi connectivity index (χ0n) is 15.5. The van der Waals surface area contributed by atoms with Crippen LogP contribution in [0.15, 0.2) is 41.8 Å². The Bertz CT molecular complexity index is 886. The Morgan fingerprint density at radius 3 is 2.52 bits per heavy atom. The highest BCUT2D eigenvalue weighted by Gasteiger charge is 2.46. The Hall–Kier alpha value is -2.81. The largest absolute Gasteiger partial charge is 0.480 e. The van der Waals surface area contributed by atoms with Crippen LogP contribution in [0.4, 0.5) is 14.5 Å². The minimum Gasteiger partial charge on any atom is -0.480 e. The highest BCUT2D eigenvalue weighted by atomic mass is 32.1. The maximum atomic E-state index is 12.8. The third-order valence-corrected chi connectivity index (χ3v) is 5.78. The van der Waals surface area contributed by atoms with E-state index in [4.69, 9.17) is 5.11 Å². The number of halogens is 2. The molecule has 3 unspecified atom stereocenters. The van der Waals surface area contributed by atoms with Crippen molar-refractivity contribution in [2.75, 3.05) is 4.90 Å². The number of alkyl halides is 2. The summed E-state index contributed by atoms with van der Waals surface area (Å²) in [5.41, 5.74) is 1.63. The van der Waals surface area contributed by atoms with Gasteiger partial charge in [0.25, 0.3) is 0 Å². The number of rotatable bonds is 7. The predicted octanol–water partition coefficient (Wildman–Crippen LogP) is 3.38. The van der Waals surface area contributed by atoms with Gasteiger partial charge in [0, 0.05) is 23.4 Å². The number of anilines is 1. The number of hydrogen-bond acceptors (Lipinski definition) is 4. The fourth-order valence-electron chi connectivity index (χ4n) is 3.44. The van der Waals surface area contributed by atoms with Crippen molar-refractivity contribution < 1.29 is 28.3 Å². The van der Waals surface area contributed by atoms with Crippen LogP contribution in [0, 0.1) is 12.8 Å². The quantitative estimate of drug-likeness (QED) is 0.716. The Kier molecular flexibility index (Phi) is 6.26. The first-order valence-corrected chi connectivity index (χ1v) is 9.89. The summed E-state index contributed by atoms with van der Waals surface area (Å²) in [4.78, 5) is 39.2. The first kappa shape index (κ1) is 20.9. The number of hydrogen-bond donors (Lipinski definition) is 2. The molecule has 2 aromatic rings. The van der Waals surface area contributed by atoms with E-state index in [1.807, 2.05) is 24.4 Å². The molecule has 29 heavy (non-hydrogen) atoms. The van der Waals surface area contributed by atoms with Gasteiger partial charge in [-0.15, -0.1) is 11.3 Å². The van der Waals surface area contributed by atoms with Gasteiger partial charge in [-0.3, -0.25) is 9.59 Å². The minimum atomic E-state index is -2.88. The van der Waals surface area contributed by atoms with Gasteiger partial charge in [0.1, 0.15) is 6.04 Å². The molecule has 154 valence electrons. The standard InChI is InChI=1S/C20H20F2N2O4S/c1-11-4-6-12(7-5-11)24-17(25)9-13(18(24)15-3-2-8-29-15)19(26)23-14(20(27)28)10-16(21)22/h2-8,13-14,16,18H,9-10H2,1H3,(H,23,26)(H,27,28). The lowest BCUT2D eigenvalue weighted by molar-refractivity contribution is -0.143. The van der Waals surface area contributed by atoms with Gasteiger partial charge in [-0.05, 0) is 30.5 Å². The highest BCUT2D eigenvalue weighted by molar-refractivity contribution is 7.10. The number of carboxylic acid groups (broad SMARTS) is 1. The van der Waals surface area contributed by atoms with Crippen LogP contribution in [-0.4, -0.2) is 35.4 Å². The summed E-state index contributed by atoms with van der Waals surface area (Å²) < 4.78 is 25.4. The number of nitrogens with one attached hydrogen (secondary N) is 1. The second-order valence-corrected chi connectivity index (χ2v) is 7.88. The second-order valence-electron chi connectivity index (χ2n) is 6.90. The van der Waals surface area contributed by atoms with E-state index in [-0.39, 0.29) is 12.3 Å². The molecule has 1 fully saturated rings. The molecule has 0 bridgehead atoms. The second kappa shape index (κ2) is 8.69. The van der Waals surface area contributed by atoms with Gasteiger partial charge in [-0.25, -0.2) is 13.6 Å². The van der Waals surface area contributed by atoms with Crippen molar-refractivity contribution in [3.63, 3.8) is 0 Å². The first-order chi connectivity index (χ1) is 13.8. The Labute approximate surface area is 170 Å². The number of nitrogens with zero attached hydrogens (tertiary/aromatic N) is 1. The number of amides is 2. The van der Waals surface area contributed by atoms with Crippen molar-refractivity contribution >= 4 is 34.8 Å². The van der Waals surface area contributed by atoms with Gasteiger partial charge < -0.3 is 15.3 Å². The number of aliphatic carboxylic acids is 1. The van der Waals surface area contributed by atoms with E-state index in [0.29, 0.717) is 5.69 Å². The number of carbonyl (C=O) groups excluding carboxylic acids is 2. The molecule has 9 heteroatoms. The average molecular weight is 422 g/mol.